The molecule has 9 N–H and O–H groups in total. The first-order valence-corrected chi connectivity index (χ1v) is 16.6. The second-order valence-corrected chi connectivity index (χ2v) is 12.9. The fourth-order valence-electron chi connectivity index (χ4n) is 5.23. The molecule has 1 radical (unpaired) electrons. The van der Waals surface area contributed by atoms with Crippen molar-refractivity contribution < 1.29 is 52.6 Å². The third-order valence-corrected chi connectivity index (χ3v) is 9.39. The van der Waals surface area contributed by atoms with E-state index < -0.39 is 30.8 Å². The molecule has 2 amide bonds. The first-order valence-electron chi connectivity index (χ1n) is 15.2. The number of aliphatic hydroxyl groups is 4. The average Bonchev–Trinajstić information content (AvgIpc) is 3.03. The number of nitrogens with zero attached hydrogens (tertiary/aromatic N) is 3. The molecule has 15 heteroatoms. The molecule has 1 aliphatic rings. The van der Waals surface area contributed by atoms with Gasteiger partial charge in [-0.15, -0.1) is 0 Å². The maximum absolute atomic E-state index is 12.9. The Hall–Kier alpha value is -2.18. The number of carbonyl (C=O) groups excluding carboxylic acids is 2. The molecule has 0 bridgehead atoms. The summed E-state index contributed by atoms with van der Waals surface area (Å²) in [6.45, 7) is 4.97. The number of piperidine rings is 1. The van der Waals surface area contributed by atoms with Crippen LogP contribution in [0.15, 0.2) is 24.3 Å². The second-order valence-electron chi connectivity index (χ2n) is 11.5. The highest BCUT2D eigenvalue weighted by atomic mass is 127. The van der Waals surface area contributed by atoms with Gasteiger partial charge in [0, 0.05) is 39.1 Å². The number of anilines is 1. The van der Waals surface area contributed by atoms with Crippen LogP contribution in [0.5, 0.6) is 0 Å². The van der Waals surface area contributed by atoms with E-state index in [-0.39, 0.29) is 41.5 Å². The van der Waals surface area contributed by atoms with Crippen LogP contribution in [-0.2, 0) is 11.2 Å². The SMILES string of the molecule is Cc1ccccc1C[C@H](CNCC1CCN(C(=O)CCNC[C@H](O)[C@@H](O)[C@H](O)CO)CC1)CNC(=O)c1nc(Cl)c([I-])nc1N. The topological polar surface area (TPSA) is 206 Å². The summed E-state index contributed by atoms with van der Waals surface area (Å²) >= 11 is 7.98. The molecule has 0 aliphatic carbocycles. The number of aromatic nitrogens is 2. The van der Waals surface area contributed by atoms with Crippen molar-refractivity contribution in [2.24, 2.45) is 11.8 Å². The summed E-state index contributed by atoms with van der Waals surface area (Å²) in [6.07, 6.45) is -1.35. The number of aliphatic hydroxyl groups excluding tert-OH is 4. The summed E-state index contributed by atoms with van der Waals surface area (Å²) in [6, 6.07) is 8.19. The van der Waals surface area contributed by atoms with Gasteiger partial charge < -0.3 is 69.6 Å². The fourth-order valence-corrected chi connectivity index (χ4v) is 5.73. The standard InChI is InChI=1S/C30H45ClIN7O6/c1-18-4-2-3-5-21(18)12-20(15-36-30(45)25-29(33)38-28(32)27(31)37-25)14-35-13-19-7-10-39(11-8-19)24(43)6-9-34-16-22(41)26(44)23(42)17-40/h2-5,19-20,22-23,26,34-35,40-42,44H,6-17H2,1H3,(H2,33,38)(H,36,45)/q-1/t20-,22+,23-,26-/m1/s1. The molecule has 0 saturated carbocycles. The molecule has 3 rings (SSSR count). The number of nitrogens with one attached hydrogen (secondary N) is 3. The zero-order valence-electron chi connectivity index (χ0n) is 25.5. The lowest BCUT2D eigenvalue weighted by molar-refractivity contribution is -0.337. The van der Waals surface area contributed by atoms with Crippen molar-refractivity contribution in [3.8, 4) is 0 Å². The van der Waals surface area contributed by atoms with Crippen LogP contribution in [0.2, 0.25) is 5.15 Å². The van der Waals surface area contributed by atoms with Crippen LogP contribution >= 0.6 is 11.6 Å². The highest BCUT2D eigenvalue weighted by Gasteiger charge is 2.25. The lowest BCUT2D eigenvalue weighted by atomic mass is 9.94. The van der Waals surface area contributed by atoms with Crippen molar-refractivity contribution in [3.63, 3.8) is 0 Å². The Balaban J connectivity index is 1.43. The van der Waals surface area contributed by atoms with Crippen molar-refractivity contribution in [2.45, 2.75) is 50.9 Å². The number of halogens is 2. The molecule has 2 aromatic rings. The molecule has 2 heterocycles. The normalized spacial score (nSPS) is 16.6. The zero-order chi connectivity index (χ0) is 32.9. The lowest BCUT2D eigenvalue weighted by Gasteiger charge is -2.32. The quantitative estimate of drug-likeness (QED) is 0.0580. The first-order chi connectivity index (χ1) is 21.5. The Morgan fingerprint density at radius 1 is 1.09 bits per heavy atom. The van der Waals surface area contributed by atoms with E-state index in [9.17, 15) is 24.9 Å². The number of hydrogen-bond acceptors (Lipinski definition) is 11. The van der Waals surface area contributed by atoms with E-state index in [1.807, 2.05) is 39.6 Å². The van der Waals surface area contributed by atoms with Gasteiger partial charge in [0.05, 0.1) is 12.7 Å². The van der Waals surface area contributed by atoms with Crippen LogP contribution in [0.3, 0.4) is 0 Å². The van der Waals surface area contributed by atoms with Crippen molar-refractivity contribution in [1.82, 2.24) is 30.8 Å². The Morgan fingerprint density at radius 3 is 2.49 bits per heavy atom. The van der Waals surface area contributed by atoms with E-state index in [0.29, 0.717) is 42.3 Å². The van der Waals surface area contributed by atoms with Gasteiger partial charge in [-0.3, -0.25) is 14.6 Å². The molecule has 0 spiro atoms. The summed E-state index contributed by atoms with van der Waals surface area (Å²) < 4.78 is 0.433. The molecule has 1 aromatic heterocycles. The van der Waals surface area contributed by atoms with Gasteiger partial charge in [-0.2, -0.15) is 0 Å². The van der Waals surface area contributed by atoms with Crippen LogP contribution in [-0.4, -0.2) is 118 Å². The maximum atomic E-state index is 12.9. The summed E-state index contributed by atoms with van der Waals surface area (Å²) in [5, 5.41) is 47.4. The molecule has 13 nitrogen and oxygen atoms in total. The molecule has 0 unspecified atom stereocenters. The monoisotopic (exact) mass is 761 g/mol. The summed E-state index contributed by atoms with van der Waals surface area (Å²) in [5.41, 5.74) is 8.34. The largest absolute Gasteiger partial charge is 0.733 e. The second kappa shape index (κ2) is 18.8. The predicted molar refractivity (Wildman–Crippen MR) is 166 cm³/mol. The minimum Gasteiger partial charge on any atom is -0.733 e. The third-order valence-electron chi connectivity index (χ3n) is 8.06. The molecular weight excluding hydrogens is 717 g/mol. The van der Waals surface area contributed by atoms with E-state index in [0.717, 1.165) is 25.8 Å². The molecule has 1 saturated heterocycles. The minimum absolute atomic E-state index is 0.00402. The third kappa shape index (κ3) is 11.8. The maximum Gasteiger partial charge on any atom is 0.273 e. The number of nitrogen functional groups attached to an aromatic ring is 1. The van der Waals surface area contributed by atoms with Gasteiger partial charge in [-0.25, -0.2) is 4.98 Å². The van der Waals surface area contributed by atoms with Crippen LogP contribution < -0.4 is 44.3 Å². The molecule has 1 aliphatic heterocycles. The number of benzene rings is 1. The molecule has 1 fully saturated rings. The Bertz CT molecular complexity index is 1250. The average molecular weight is 762 g/mol. The van der Waals surface area contributed by atoms with Gasteiger partial charge in [-0.05, 0) is 62.2 Å². The highest BCUT2D eigenvalue weighted by molar-refractivity contribution is 6.29. The van der Waals surface area contributed by atoms with E-state index in [1.54, 1.807) is 0 Å². The number of rotatable bonds is 17. The van der Waals surface area contributed by atoms with E-state index >= 15 is 0 Å². The Labute approximate surface area is 282 Å². The fraction of sp³-hybridized carbons (Fsp3) is 0.600. The number of likely N-dealkylation sites (tertiary alicyclic amines) is 1. The first kappa shape index (κ1) is 37.3. The van der Waals surface area contributed by atoms with Crippen molar-refractivity contribution >= 4 is 29.2 Å². The summed E-state index contributed by atoms with van der Waals surface area (Å²) in [5.74, 6) is 0.149. The van der Waals surface area contributed by atoms with Gasteiger partial charge in [0.1, 0.15) is 17.4 Å². The summed E-state index contributed by atoms with van der Waals surface area (Å²) in [4.78, 5) is 35.6. The van der Waals surface area contributed by atoms with Gasteiger partial charge in [0.25, 0.3) is 5.91 Å². The van der Waals surface area contributed by atoms with Crippen LogP contribution in [0.4, 0.5) is 5.82 Å². The van der Waals surface area contributed by atoms with Crippen molar-refractivity contribution in [2.75, 3.05) is 58.2 Å². The number of nitrogens with two attached hydrogens (primary N) is 1. The van der Waals surface area contributed by atoms with E-state index in [1.165, 1.54) is 11.1 Å². The van der Waals surface area contributed by atoms with Crippen LogP contribution in [0.25, 0.3) is 0 Å². The number of hydrogen-bond donors (Lipinski definition) is 8. The van der Waals surface area contributed by atoms with Gasteiger partial charge in [0.15, 0.2) is 11.5 Å². The lowest BCUT2D eigenvalue weighted by Crippen LogP contribution is -3.34. The van der Waals surface area contributed by atoms with Gasteiger partial charge in [-0.1, -0.05) is 39.6 Å². The molecule has 251 valence electrons. The smallest absolute Gasteiger partial charge is 0.273 e. The minimum atomic E-state index is -1.46. The van der Waals surface area contributed by atoms with Crippen LogP contribution in [0, 0.1) is 22.5 Å². The molecule has 4 atom stereocenters. The summed E-state index contributed by atoms with van der Waals surface area (Å²) in [7, 11) is 0. The van der Waals surface area contributed by atoms with Crippen molar-refractivity contribution in [3.05, 3.63) is 49.9 Å². The van der Waals surface area contributed by atoms with Crippen LogP contribution in [0.1, 0.15) is 40.9 Å². The zero-order valence-corrected chi connectivity index (χ0v) is 28.4. The Morgan fingerprint density at radius 2 is 1.80 bits per heavy atom. The predicted octanol–water partition coefficient (Wildman–Crippen LogP) is -3.78. The highest BCUT2D eigenvalue weighted by Crippen LogP contribution is 2.18. The Kier molecular flexibility index (Phi) is 15.6. The number of amides is 2. The molecule has 1 aromatic carbocycles. The molecular formula is C30H45ClIN7O6-. The van der Waals surface area contributed by atoms with E-state index in [4.69, 9.17) is 22.4 Å². The van der Waals surface area contributed by atoms with Crippen molar-refractivity contribution in [1.29, 1.82) is 0 Å². The molecule has 45 heavy (non-hydrogen) atoms. The number of aryl methyl sites for hydroxylation is 1. The number of carbonyl (C=O) groups is 2. The van der Waals surface area contributed by atoms with E-state index in [2.05, 4.69) is 45.0 Å². The van der Waals surface area contributed by atoms with Gasteiger partial charge in [0.2, 0.25) is 5.91 Å². The van der Waals surface area contributed by atoms with Gasteiger partial charge >= 0.3 is 0 Å².